The van der Waals surface area contributed by atoms with Crippen LogP contribution in [0, 0.1) is 0 Å². The number of anilines is 1. The van der Waals surface area contributed by atoms with Gasteiger partial charge in [-0.05, 0) is 12.1 Å². The maximum Gasteiger partial charge on any atom is 0.433 e. The van der Waals surface area contributed by atoms with Gasteiger partial charge in [-0.3, -0.25) is 0 Å². The van der Waals surface area contributed by atoms with Crippen LogP contribution in [0.1, 0.15) is 5.69 Å². The molecule has 7 heteroatoms. The predicted octanol–water partition coefficient (Wildman–Crippen LogP) is 2.33. The van der Waals surface area contributed by atoms with E-state index in [-0.39, 0.29) is 0 Å². The molecule has 0 radical (unpaired) electrons. The van der Waals surface area contributed by atoms with E-state index in [2.05, 4.69) is 15.4 Å². The van der Waals surface area contributed by atoms with Crippen LogP contribution in [0.2, 0.25) is 0 Å². The highest BCUT2D eigenvalue weighted by atomic mass is 19.4. The summed E-state index contributed by atoms with van der Waals surface area (Å²) in [4.78, 5) is 3.36. The molecule has 4 nitrogen and oxygen atoms in total. The van der Waals surface area contributed by atoms with Crippen LogP contribution >= 0.6 is 0 Å². The van der Waals surface area contributed by atoms with Gasteiger partial charge in [-0.2, -0.15) is 18.3 Å². The number of alkyl halides is 3. The Hall–Kier alpha value is -2.05. The molecule has 17 heavy (non-hydrogen) atoms. The zero-order valence-electron chi connectivity index (χ0n) is 8.86. The number of nitrogens with one attached hydrogen (secondary N) is 1. The first-order valence-corrected chi connectivity index (χ1v) is 4.77. The van der Waals surface area contributed by atoms with E-state index < -0.39 is 11.9 Å². The van der Waals surface area contributed by atoms with Crippen molar-refractivity contribution in [3.05, 3.63) is 36.4 Å². The van der Waals surface area contributed by atoms with Crippen molar-refractivity contribution in [1.82, 2.24) is 14.8 Å². The molecule has 0 aliphatic carbocycles. The summed E-state index contributed by atoms with van der Waals surface area (Å²) in [7, 11) is 1.73. The fraction of sp³-hybridized carbons (Fsp3) is 0.200. The van der Waals surface area contributed by atoms with Gasteiger partial charge in [0.1, 0.15) is 5.69 Å². The summed E-state index contributed by atoms with van der Waals surface area (Å²) in [5.74, 6) is 0. The second-order valence-corrected chi connectivity index (χ2v) is 3.32. The average molecular weight is 242 g/mol. The summed E-state index contributed by atoms with van der Waals surface area (Å²) >= 11 is 0. The van der Waals surface area contributed by atoms with Gasteiger partial charge in [0.05, 0.1) is 30.0 Å². The Bertz CT molecular complexity index is 501. The monoisotopic (exact) mass is 242 g/mol. The van der Waals surface area contributed by atoms with E-state index in [0.717, 1.165) is 18.0 Å². The quantitative estimate of drug-likeness (QED) is 0.878. The molecule has 2 aromatic heterocycles. The average Bonchev–Trinajstić information content (AvgIpc) is 2.76. The van der Waals surface area contributed by atoms with Gasteiger partial charge in [0.25, 0.3) is 0 Å². The number of rotatable bonds is 2. The third kappa shape index (κ3) is 2.38. The molecule has 0 aliphatic heterocycles. The Balaban J connectivity index is 2.29. The van der Waals surface area contributed by atoms with Crippen LogP contribution < -0.4 is 5.32 Å². The van der Waals surface area contributed by atoms with Crippen molar-refractivity contribution in [2.24, 2.45) is 0 Å². The lowest BCUT2D eigenvalue weighted by atomic mass is 10.3. The largest absolute Gasteiger partial charge is 0.433 e. The van der Waals surface area contributed by atoms with Crippen LogP contribution in [0.15, 0.2) is 30.7 Å². The van der Waals surface area contributed by atoms with Gasteiger partial charge in [-0.1, -0.05) is 0 Å². The second kappa shape index (κ2) is 4.08. The number of nitrogens with zero attached hydrogens (tertiary/aromatic N) is 3. The number of hydrogen-bond acceptors (Lipinski definition) is 3. The highest BCUT2D eigenvalue weighted by Gasteiger charge is 2.32. The first-order valence-electron chi connectivity index (χ1n) is 4.77. The van der Waals surface area contributed by atoms with Crippen LogP contribution in [-0.4, -0.2) is 21.8 Å². The standard InChI is InChI=1S/C10H9F3N4/c1-14-7-4-16-17(6-7)8-2-3-9(15-5-8)10(11,12)13/h2-6,14H,1H3. The minimum atomic E-state index is -4.42. The van der Waals surface area contributed by atoms with E-state index >= 15 is 0 Å². The van der Waals surface area contributed by atoms with Gasteiger partial charge >= 0.3 is 6.18 Å². The van der Waals surface area contributed by atoms with E-state index in [1.165, 1.54) is 10.7 Å². The first kappa shape index (κ1) is 11.4. The minimum absolute atomic E-state index is 0.472. The molecule has 2 rings (SSSR count). The minimum Gasteiger partial charge on any atom is -0.386 e. The Labute approximate surface area is 95.1 Å². The van der Waals surface area contributed by atoms with Crippen molar-refractivity contribution in [3.8, 4) is 5.69 Å². The van der Waals surface area contributed by atoms with E-state index in [4.69, 9.17) is 0 Å². The van der Waals surface area contributed by atoms with Gasteiger partial charge < -0.3 is 5.32 Å². The highest BCUT2D eigenvalue weighted by Crippen LogP contribution is 2.27. The molecule has 0 unspecified atom stereocenters. The SMILES string of the molecule is CNc1cnn(-c2ccc(C(F)(F)F)nc2)c1. The molecule has 90 valence electrons. The lowest BCUT2D eigenvalue weighted by molar-refractivity contribution is -0.141. The predicted molar refractivity (Wildman–Crippen MR) is 55.9 cm³/mol. The number of hydrogen-bond donors (Lipinski definition) is 1. The van der Waals surface area contributed by atoms with Gasteiger partial charge in [0.15, 0.2) is 0 Å². The van der Waals surface area contributed by atoms with Gasteiger partial charge in [0, 0.05) is 7.05 Å². The molecule has 2 heterocycles. The van der Waals surface area contributed by atoms with Crippen LogP contribution in [0.4, 0.5) is 18.9 Å². The van der Waals surface area contributed by atoms with E-state index in [0.29, 0.717) is 5.69 Å². The summed E-state index contributed by atoms with van der Waals surface area (Å²) < 4.78 is 38.3. The van der Waals surface area contributed by atoms with E-state index in [9.17, 15) is 13.2 Å². The van der Waals surface area contributed by atoms with Crippen LogP contribution in [-0.2, 0) is 6.18 Å². The molecule has 0 saturated heterocycles. The molecule has 0 saturated carbocycles. The normalized spacial score (nSPS) is 11.5. The first-order chi connectivity index (χ1) is 8.00. The van der Waals surface area contributed by atoms with Gasteiger partial charge in [0.2, 0.25) is 0 Å². The molecule has 0 aliphatic rings. The van der Waals surface area contributed by atoms with Crippen molar-refractivity contribution in [1.29, 1.82) is 0 Å². The molecule has 0 fully saturated rings. The molecule has 1 N–H and O–H groups in total. The van der Waals surface area contributed by atoms with Crippen LogP contribution in [0.5, 0.6) is 0 Å². The van der Waals surface area contributed by atoms with Crippen molar-refractivity contribution in [3.63, 3.8) is 0 Å². The lowest BCUT2D eigenvalue weighted by Crippen LogP contribution is -2.08. The van der Waals surface area contributed by atoms with Gasteiger partial charge in [-0.15, -0.1) is 0 Å². The van der Waals surface area contributed by atoms with Crippen molar-refractivity contribution >= 4 is 5.69 Å². The molecular formula is C10H9F3N4. The van der Waals surface area contributed by atoms with Crippen molar-refractivity contribution < 1.29 is 13.2 Å². The van der Waals surface area contributed by atoms with Crippen molar-refractivity contribution in [2.45, 2.75) is 6.18 Å². The third-order valence-electron chi connectivity index (χ3n) is 2.17. The number of pyridine rings is 1. The fourth-order valence-electron chi connectivity index (χ4n) is 1.28. The molecule has 0 spiro atoms. The highest BCUT2D eigenvalue weighted by molar-refractivity contribution is 5.41. The lowest BCUT2D eigenvalue weighted by Gasteiger charge is -2.06. The fourth-order valence-corrected chi connectivity index (χ4v) is 1.28. The van der Waals surface area contributed by atoms with E-state index in [1.807, 2.05) is 0 Å². The summed E-state index contributed by atoms with van der Waals surface area (Å²) in [5.41, 5.74) is 0.326. The summed E-state index contributed by atoms with van der Waals surface area (Å²) in [6, 6.07) is 2.25. The third-order valence-corrected chi connectivity index (χ3v) is 2.17. The summed E-state index contributed by atoms with van der Waals surface area (Å²) in [6.45, 7) is 0. The molecule has 0 atom stereocenters. The molecular weight excluding hydrogens is 233 g/mol. The Morgan fingerprint density at radius 1 is 1.24 bits per heavy atom. The second-order valence-electron chi connectivity index (χ2n) is 3.32. The van der Waals surface area contributed by atoms with Gasteiger partial charge in [-0.25, -0.2) is 9.67 Å². The Kier molecular flexibility index (Phi) is 2.74. The summed E-state index contributed by atoms with van der Waals surface area (Å²) in [6.07, 6.45) is -0.0595. The van der Waals surface area contributed by atoms with Crippen LogP contribution in [0.25, 0.3) is 5.69 Å². The van der Waals surface area contributed by atoms with Crippen LogP contribution in [0.3, 0.4) is 0 Å². The van der Waals surface area contributed by atoms with E-state index in [1.54, 1.807) is 19.4 Å². The number of halogens is 3. The molecule has 0 bridgehead atoms. The molecule has 2 aromatic rings. The number of aromatic nitrogens is 3. The Morgan fingerprint density at radius 3 is 2.47 bits per heavy atom. The topological polar surface area (TPSA) is 42.7 Å². The Morgan fingerprint density at radius 2 is 2.00 bits per heavy atom. The maximum absolute atomic E-state index is 12.3. The molecule has 0 aromatic carbocycles. The maximum atomic E-state index is 12.3. The smallest absolute Gasteiger partial charge is 0.386 e. The zero-order chi connectivity index (χ0) is 12.5. The zero-order valence-corrected chi connectivity index (χ0v) is 8.86. The summed E-state index contributed by atoms with van der Waals surface area (Å²) in [5, 5.41) is 6.85. The van der Waals surface area contributed by atoms with Crippen molar-refractivity contribution in [2.75, 3.05) is 12.4 Å². The molecule has 0 amide bonds.